The Balaban J connectivity index is 0.00000312. The fourth-order valence-electron chi connectivity index (χ4n) is 2.95. The van der Waals surface area contributed by atoms with Crippen LogP contribution in [-0.2, 0) is 6.42 Å². The van der Waals surface area contributed by atoms with Gasteiger partial charge < -0.3 is 16.0 Å². The van der Waals surface area contributed by atoms with E-state index in [9.17, 15) is 14.4 Å². The van der Waals surface area contributed by atoms with Crippen molar-refractivity contribution >= 4 is 24.1 Å². The van der Waals surface area contributed by atoms with Crippen LogP contribution >= 0.6 is 12.4 Å². The van der Waals surface area contributed by atoms with E-state index < -0.39 is 17.0 Å². The molecular formula is C18H28ClN3O3. The quantitative estimate of drug-likeness (QED) is 0.755. The van der Waals surface area contributed by atoms with Crippen molar-refractivity contribution in [2.45, 2.75) is 53.0 Å². The van der Waals surface area contributed by atoms with Crippen LogP contribution < -0.4 is 16.6 Å². The first-order valence-corrected chi connectivity index (χ1v) is 8.31. The van der Waals surface area contributed by atoms with E-state index in [1.54, 1.807) is 0 Å². The minimum absolute atomic E-state index is 0. The number of carbonyl (C=O) groups is 2. The number of fused-ring (bicyclic) bond motifs is 1. The van der Waals surface area contributed by atoms with E-state index in [-0.39, 0.29) is 41.6 Å². The van der Waals surface area contributed by atoms with Crippen molar-refractivity contribution in [3.05, 3.63) is 33.2 Å². The average Bonchev–Trinajstić information content (AvgIpc) is 2.44. The zero-order valence-electron chi connectivity index (χ0n) is 15.5. The van der Waals surface area contributed by atoms with Crippen LogP contribution in [0.2, 0.25) is 0 Å². The second-order valence-corrected chi connectivity index (χ2v) is 8.08. The Morgan fingerprint density at radius 2 is 1.96 bits per heavy atom. The molecule has 7 heteroatoms. The van der Waals surface area contributed by atoms with Gasteiger partial charge in [0.15, 0.2) is 5.78 Å². The Kier molecular flexibility index (Phi) is 6.24. The fourth-order valence-corrected chi connectivity index (χ4v) is 2.95. The van der Waals surface area contributed by atoms with E-state index in [1.165, 1.54) is 6.07 Å². The summed E-state index contributed by atoms with van der Waals surface area (Å²) in [6, 6.07) is 1.43. The van der Waals surface area contributed by atoms with E-state index >= 15 is 0 Å². The number of nitrogens with one attached hydrogen (secondary N) is 2. The van der Waals surface area contributed by atoms with Gasteiger partial charge in [0.05, 0.1) is 5.54 Å². The predicted octanol–water partition coefficient (Wildman–Crippen LogP) is 2.05. The van der Waals surface area contributed by atoms with Crippen molar-refractivity contribution in [2.24, 2.45) is 17.1 Å². The average molecular weight is 370 g/mol. The molecule has 0 spiro atoms. The molecule has 1 atom stereocenters. The molecule has 0 aliphatic heterocycles. The first-order chi connectivity index (χ1) is 11.0. The zero-order valence-corrected chi connectivity index (χ0v) is 16.3. The van der Waals surface area contributed by atoms with Gasteiger partial charge in [-0.3, -0.25) is 14.4 Å². The lowest BCUT2D eigenvalue weighted by molar-refractivity contribution is 0.0881. The van der Waals surface area contributed by atoms with Crippen molar-refractivity contribution in [3.8, 4) is 0 Å². The number of carbonyl (C=O) groups excluding carboxylic acids is 2. The molecule has 0 fully saturated rings. The number of amides is 1. The monoisotopic (exact) mass is 369 g/mol. The molecule has 0 radical (unpaired) electrons. The van der Waals surface area contributed by atoms with Gasteiger partial charge in [-0.1, -0.05) is 27.7 Å². The van der Waals surface area contributed by atoms with E-state index in [0.717, 1.165) is 0 Å². The number of pyridine rings is 1. The van der Waals surface area contributed by atoms with Crippen LogP contribution in [0.4, 0.5) is 0 Å². The van der Waals surface area contributed by atoms with Crippen molar-refractivity contribution in [1.29, 1.82) is 0 Å². The molecule has 0 saturated heterocycles. The molecule has 4 N–H and O–H groups in total. The highest BCUT2D eigenvalue weighted by Gasteiger charge is 2.34. The summed E-state index contributed by atoms with van der Waals surface area (Å²) in [5, 5.41) is 2.84. The third-order valence-corrected chi connectivity index (χ3v) is 5.06. The van der Waals surface area contributed by atoms with Crippen molar-refractivity contribution in [2.75, 3.05) is 6.54 Å². The van der Waals surface area contributed by atoms with Crippen LogP contribution in [0.3, 0.4) is 0 Å². The molecular weight excluding hydrogens is 342 g/mol. The van der Waals surface area contributed by atoms with Gasteiger partial charge in [0.1, 0.15) is 5.56 Å². The molecule has 1 unspecified atom stereocenters. The summed E-state index contributed by atoms with van der Waals surface area (Å²) >= 11 is 0. The summed E-state index contributed by atoms with van der Waals surface area (Å²) in [4.78, 5) is 40.0. The lowest BCUT2D eigenvalue weighted by atomic mass is 9.75. The van der Waals surface area contributed by atoms with Crippen LogP contribution in [0, 0.1) is 11.3 Å². The lowest BCUT2D eigenvalue weighted by Crippen LogP contribution is -2.55. The number of hydrogen-bond donors (Lipinski definition) is 3. The summed E-state index contributed by atoms with van der Waals surface area (Å²) in [7, 11) is 0. The second kappa shape index (κ2) is 7.30. The van der Waals surface area contributed by atoms with E-state index in [0.29, 0.717) is 24.1 Å². The maximum absolute atomic E-state index is 12.6. The van der Waals surface area contributed by atoms with Crippen LogP contribution in [0.25, 0.3) is 0 Å². The topological polar surface area (TPSA) is 105 Å². The number of aromatic nitrogens is 1. The number of hydrogen-bond acceptors (Lipinski definition) is 4. The van der Waals surface area contributed by atoms with E-state index in [1.807, 2.05) is 34.6 Å². The molecule has 0 saturated carbocycles. The first kappa shape index (κ1) is 21.4. The highest BCUT2D eigenvalue weighted by Crippen LogP contribution is 2.33. The van der Waals surface area contributed by atoms with Crippen LogP contribution in [0.1, 0.15) is 67.4 Å². The molecule has 2 rings (SSSR count). The highest BCUT2D eigenvalue weighted by atomic mass is 35.5. The second-order valence-electron chi connectivity index (χ2n) is 8.08. The number of ketones is 1. The van der Waals surface area contributed by atoms with Gasteiger partial charge in [0.25, 0.3) is 11.5 Å². The van der Waals surface area contributed by atoms with Gasteiger partial charge >= 0.3 is 0 Å². The van der Waals surface area contributed by atoms with Crippen LogP contribution in [0.5, 0.6) is 0 Å². The minimum Gasteiger partial charge on any atom is -0.345 e. The molecule has 1 aromatic rings. The molecule has 0 bridgehead atoms. The smallest absolute Gasteiger partial charge is 0.261 e. The van der Waals surface area contributed by atoms with E-state index in [4.69, 9.17) is 5.73 Å². The van der Waals surface area contributed by atoms with Gasteiger partial charge in [0.2, 0.25) is 0 Å². The maximum Gasteiger partial charge on any atom is 0.261 e. The molecule has 1 aliphatic rings. The molecule has 0 aromatic carbocycles. The van der Waals surface area contributed by atoms with Crippen molar-refractivity contribution < 1.29 is 9.59 Å². The Hall–Kier alpha value is -1.66. The third kappa shape index (κ3) is 4.30. The number of aromatic amines is 1. The zero-order chi connectivity index (χ0) is 18.3. The maximum atomic E-state index is 12.6. The molecule has 1 aromatic heterocycles. The largest absolute Gasteiger partial charge is 0.345 e. The van der Waals surface area contributed by atoms with Gasteiger partial charge in [-0.05, 0) is 30.7 Å². The third-order valence-electron chi connectivity index (χ3n) is 5.06. The van der Waals surface area contributed by atoms with Crippen molar-refractivity contribution in [3.63, 3.8) is 0 Å². The Morgan fingerprint density at radius 1 is 1.36 bits per heavy atom. The normalized spacial score (nSPS) is 18.1. The predicted molar refractivity (Wildman–Crippen MR) is 101 cm³/mol. The van der Waals surface area contributed by atoms with Crippen LogP contribution in [0.15, 0.2) is 10.9 Å². The Labute approximate surface area is 154 Å². The van der Waals surface area contributed by atoms with Gasteiger partial charge in [-0.25, -0.2) is 0 Å². The minimum atomic E-state index is -0.620. The number of rotatable bonds is 4. The number of nitrogens with two attached hydrogens (primary N) is 1. The van der Waals surface area contributed by atoms with Gasteiger partial charge in [-0.2, -0.15) is 0 Å². The summed E-state index contributed by atoms with van der Waals surface area (Å²) in [5.41, 5.74) is 5.52. The molecule has 6 nitrogen and oxygen atoms in total. The first-order valence-electron chi connectivity index (χ1n) is 8.31. The summed E-state index contributed by atoms with van der Waals surface area (Å²) < 4.78 is 0. The molecule has 1 heterocycles. The lowest BCUT2D eigenvalue weighted by Gasteiger charge is -2.33. The highest BCUT2D eigenvalue weighted by molar-refractivity contribution is 6.02. The summed E-state index contributed by atoms with van der Waals surface area (Å²) in [6.45, 7) is 9.98. The molecule has 140 valence electrons. The van der Waals surface area contributed by atoms with Crippen LogP contribution in [-0.4, -0.2) is 28.8 Å². The number of Topliss-reactive ketones (excluding diaryl/α,β-unsaturated/α-hetero) is 1. The Bertz CT molecular complexity index is 740. The molecule has 1 amide bonds. The molecule has 25 heavy (non-hydrogen) atoms. The standard InChI is InChI=1S/C18H27N3O3.ClH/c1-10(2)18(5,9-19)21-16(24)12-6-11-13(20-15(12)23)7-17(3,4)8-14(11)22;/h6,10H,7-9,19H2,1-5H3,(H,20,23)(H,21,24);1H. The fraction of sp³-hybridized carbons (Fsp3) is 0.611. The van der Waals surface area contributed by atoms with Gasteiger partial charge in [-0.15, -0.1) is 12.4 Å². The van der Waals surface area contributed by atoms with Crippen molar-refractivity contribution in [1.82, 2.24) is 10.3 Å². The SMILES string of the molecule is CC(C)C(C)(CN)NC(=O)c1cc2c([nH]c1=O)CC(C)(C)CC2=O.Cl. The summed E-state index contributed by atoms with van der Waals surface area (Å²) in [6.07, 6.45) is 1.01. The van der Waals surface area contributed by atoms with Gasteiger partial charge in [0, 0.05) is 24.2 Å². The molecule has 1 aliphatic carbocycles. The number of halogens is 1. The summed E-state index contributed by atoms with van der Waals surface area (Å²) in [5.74, 6) is -0.444. The Morgan fingerprint density at radius 3 is 2.48 bits per heavy atom. The number of H-pyrrole nitrogens is 1. The van der Waals surface area contributed by atoms with E-state index in [2.05, 4.69) is 10.3 Å².